The summed E-state index contributed by atoms with van der Waals surface area (Å²) in [5.74, 6) is -1.63. The van der Waals surface area contributed by atoms with Gasteiger partial charge < -0.3 is 14.9 Å². The lowest BCUT2D eigenvalue weighted by molar-refractivity contribution is -0.147. The fourth-order valence-electron chi connectivity index (χ4n) is 3.36. The molecule has 3 rings (SSSR count). The van der Waals surface area contributed by atoms with Crippen LogP contribution in [0.2, 0.25) is 5.02 Å². The number of likely N-dealkylation sites (tertiary alicyclic amines) is 1. The molecule has 2 heterocycles. The Kier molecular flexibility index (Phi) is 4.25. The third-order valence-electron chi connectivity index (χ3n) is 4.92. The second-order valence-electron chi connectivity index (χ2n) is 6.73. The largest absolute Gasteiger partial charge is 0.481 e. The number of anilines is 1. The average Bonchev–Trinajstić information content (AvgIpc) is 3.12. The van der Waals surface area contributed by atoms with Crippen LogP contribution in [-0.2, 0) is 14.4 Å². The number of carboxylic acids is 1. The highest BCUT2D eigenvalue weighted by Gasteiger charge is 2.45. The van der Waals surface area contributed by atoms with Crippen LogP contribution >= 0.6 is 11.6 Å². The van der Waals surface area contributed by atoms with E-state index in [2.05, 4.69) is 0 Å². The van der Waals surface area contributed by atoms with Gasteiger partial charge in [-0.2, -0.15) is 0 Å². The third-order valence-corrected chi connectivity index (χ3v) is 5.24. The summed E-state index contributed by atoms with van der Waals surface area (Å²) in [5.41, 5.74) is -0.294. The molecule has 2 amide bonds. The number of nitrogens with zero attached hydrogens (tertiary/aromatic N) is 2. The van der Waals surface area contributed by atoms with Gasteiger partial charge in [0.15, 0.2) is 0 Å². The molecule has 0 aromatic heterocycles. The molecule has 0 saturated carbocycles. The first kappa shape index (κ1) is 16.8. The lowest BCUT2D eigenvalue weighted by Gasteiger charge is -2.23. The molecule has 0 radical (unpaired) electrons. The lowest BCUT2D eigenvalue weighted by Crippen LogP contribution is -2.39. The van der Waals surface area contributed by atoms with Crippen LogP contribution in [-0.4, -0.2) is 47.4 Å². The molecule has 0 bridgehead atoms. The second kappa shape index (κ2) is 6.09. The van der Waals surface area contributed by atoms with E-state index in [-0.39, 0.29) is 31.3 Å². The fourth-order valence-corrected chi connectivity index (χ4v) is 3.60. The van der Waals surface area contributed by atoms with Crippen molar-refractivity contribution in [3.05, 3.63) is 29.3 Å². The van der Waals surface area contributed by atoms with Gasteiger partial charge in [0.25, 0.3) is 0 Å². The van der Waals surface area contributed by atoms with E-state index in [1.54, 1.807) is 36.1 Å². The van der Waals surface area contributed by atoms with Gasteiger partial charge in [-0.15, -0.1) is 0 Å². The van der Waals surface area contributed by atoms with E-state index in [4.69, 9.17) is 11.6 Å². The molecule has 128 valence electrons. The summed E-state index contributed by atoms with van der Waals surface area (Å²) in [5, 5.41) is 9.76. The zero-order chi connectivity index (χ0) is 17.5. The Morgan fingerprint density at radius 2 is 2.04 bits per heavy atom. The number of carbonyl (C=O) groups is 3. The summed E-state index contributed by atoms with van der Waals surface area (Å²) >= 11 is 6.14. The van der Waals surface area contributed by atoms with Gasteiger partial charge in [-0.05, 0) is 25.5 Å². The Hall–Kier alpha value is -2.08. The lowest BCUT2D eigenvalue weighted by atomic mass is 9.90. The zero-order valence-electron chi connectivity index (χ0n) is 13.4. The van der Waals surface area contributed by atoms with E-state index in [1.807, 2.05) is 0 Å². The Labute approximate surface area is 145 Å². The molecule has 2 fully saturated rings. The highest BCUT2D eigenvalue weighted by molar-refractivity contribution is 6.33. The van der Waals surface area contributed by atoms with Crippen molar-refractivity contribution in [3.63, 3.8) is 0 Å². The summed E-state index contributed by atoms with van der Waals surface area (Å²) in [4.78, 5) is 39.4. The van der Waals surface area contributed by atoms with Crippen LogP contribution in [0, 0.1) is 11.3 Å². The van der Waals surface area contributed by atoms with Gasteiger partial charge in [0.05, 0.1) is 22.0 Å². The highest BCUT2D eigenvalue weighted by atomic mass is 35.5. The minimum absolute atomic E-state index is 0.129. The van der Waals surface area contributed by atoms with Crippen molar-refractivity contribution >= 4 is 35.1 Å². The van der Waals surface area contributed by atoms with Gasteiger partial charge in [0, 0.05) is 26.1 Å². The summed E-state index contributed by atoms with van der Waals surface area (Å²) in [6, 6.07) is 7.04. The minimum atomic E-state index is -0.902. The van der Waals surface area contributed by atoms with Crippen LogP contribution in [0.3, 0.4) is 0 Å². The molecule has 7 heteroatoms. The van der Waals surface area contributed by atoms with Gasteiger partial charge in [0.2, 0.25) is 11.8 Å². The Bertz CT molecular complexity index is 708. The minimum Gasteiger partial charge on any atom is -0.481 e. The number of carboxylic acid groups (broad SMARTS) is 1. The molecule has 24 heavy (non-hydrogen) atoms. The van der Waals surface area contributed by atoms with Crippen LogP contribution in [0.5, 0.6) is 0 Å². The van der Waals surface area contributed by atoms with Crippen molar-refractivity contribution in [2.75, 3.05) is 24.5 Å². The predicted octanol–water partition coefficient (Wildman–Crippen LogP) is 2.02. The van der Waals surface area contributed by atoms with Gasteiger partial charge >= 0.3 is 5.97 Å². The standard InChI is InChI=1S/C17H19ClN2O4/c1-17(16(23)24)6-7-19(10-17)15(22)11-8-14(21)20(9-11)13-5-3-2-4-12(13)18/h2-5,11H,6-10H2,1H3,(H,23,24). The normalized spacial score (nSPS) is 26.9. The Morgan fingerprint density at radius 1 is 1.33 bits per heavy atom. The van der Waals surface area contributed by atoms with Crippen LogP contribution in [0.25, 0.3) is 0 Å². The Morgan fingerprint density at radius 3 is 2.67 bits per heavy atom. The van der Waals surface area contributed by atoms with E-state index in [1.165, 1.54) is 4.90 Å². The summed E-state index contributed by atoms with van der Waals surface area (Å²) in [6.07, 6.45) is 0.563. The van der Waals surface area contributed by atoms with Crippen LogP contribution in [0.1, 0.15) is 19.8 Å². The number of aliphatic carboxylic acids is 1. The first-order chi connectivity index (χ1) is 11.3. The van der Waals surface area contributed by atoms with Gasteiger partial charge in [0.1, 0.15) is 0 Å². The number of halogens is 1. The molecule has 1 aromatic rings. The molecule has 2 aliphatic heterocycles. The molecular weight excluding hydrogens is 332 g/mol. The van der Waals surface area contributed by atoms with E-state index in [9.17, 15) is 19.5 Å². The van der Waals surface area contributed by atoms with Gasteiger partial charge in [-0.1, -0.05) is 23.7 Å². The highest BCUT2D eigenvalue weighted by Crippen LogP contribution is 2.34. The second-order valence-corrected chi connectivity index (χ2v) is 7.14. The summed E-state index contributed by atoms with van der Waals surface area (Å²) < 4.78 is 0. The number of hydrogen-bond donors (Lipinski definition) is 1. The number of amides is 2. The first-order valence-corrected chi connectivity index (χ1v) is 8.27. The van der Waals surface area contributed by atoms with Crippen molar-refractivity contribution in [1.29, 1.82) is 0 Å². The monoisotopic (exact) mass is 350 g/mol. The SMILES string of the molecule is CC1(C(=O)O)CCN(C(=O)C2CC(=O)N(c3ccccc3Cl)C2)C1. The molecule has 0 spiro atoms. The maximum Gasteiger partial charge on any atom is 0.311 e. The van der Waals surface area contributed by atoms with E-state index < -0.39 is 17.3 Å². The number of rotatable bonds is 3. The smallest absolute Gasteiger partial charge is 0.311 e. The van der Waals surface area contributed by atoms with Crippen LogP contribution in [0.4, 0.5) is 5.69 Å². The van der Waals surface area contributed by atoms with E-state index in [0.29, 0.717) is 23.7 Å². The van der Waals surface area contributed by atoms with Crippen molar-refractivity contribution < 1.29 is 19.5 Å². The molecule has 1 aromatic carbocycles. The number of carbonyl (C=O) groups excluding carboxylic acids is 2. The molecule has 2 saturated heterocycles. The molecule has 2 aliphatic rings. The first-order valence-electron chi connectivity index (χ1n) is 7.89. The molecule has 6 nitrogen and oxygen atoms in total. The topological polar surface area (TPSA) is 77.9 Å². The van der Waals surface area contributed by atoms with Gasteiger partial charge in [-0.3, -0.25) is 14.4 Å². The molecule has 2 atom stereocenters. The maximum atomic E-state index is 12.7. The fraction of sp³-hybridized carbons (Fsp3) is 0.471. The summed E-state index contributed by atoms with van der Waals surface area (Å²) in [7, 11) is 0. The van der Waals surface area contributed by atoms with Crippen molar-refractivity contribution in [1.82, 2.24) is 4.90 Å². The molecule has 0 aliphatic carbocycles. The zero-order valence-corrected chi connectivity index (χ0v) is 14.1. The van der Waals surface area contributed by atoms with Crippen LogP contribution < -0.4 is 4.90 Å². The summed E-state index contributed by atoms with van der Waals surface area (Å²) in [6.45, 7) is 2.54. The third kappa shape index (κ3) is 2.86. The number of hydrogen-bond acceptors (Lipinski definition) is 3. The quantitative estimate of drug-likeness (QED) is 0.904. The van der Waals surface area contributed by atoms with E-state index >= 15 is 0 Å². The maximum absolute atomic E-state index is 12.7. The van der Waals surface area contributed by atoms with Crippen LogP contribution in [0.15, 0.2) is 24.3 Å². The number of para-hydroxylation sites is 1. The van der Waals surface area contributed by atoms with Crippen molar-refractivity contribution in [2.45, 2.75) is 19.8 Å². The van der Waals surface area contributed by atoms with Crippen molar-refractivity contribution in [2.24, 2.45) is 11.3 Å². The molecular formula is C17H19ClN2O4. The predicted molar refractivity (Wildman–Crippen MR) is 88.9 cm³/mol. The average molecular weight is 351 g/mol. The molecule has 1 N–H and O–H groups in total. The van der Waals surface area contributed by atoms with Crippen molar-refractivity contribution in [3.8, 4) is 0 Å². The molecule has 2 unspecified atom stereocenters. The van der Waals surface area contributed by atoms with Gasteiger partial charge in [-0.25, -0.2) is 0 Å². The Balaban J connectivity index is 1.71. The number of benzene rings is 1. The van der Waals surface area contributed by atoms with E-state index in [0.717, 1.165) is 0 Å².